The van der Waals surface area contributed by atoms with Gasteiger partial charge in [-0.15, -0.1) is 0 Å². The average Bonchev–Trinajstić information content (AvgIpc) is 3.20. The molecule has 9 rings (SSSR count). The molecule has 3 heteroatoms. The molecule has 0 radical (unpaired) electrons. The van der Waals surface area contributed by atoms with Crippen molar-refractivity contribution in [3.63, 3.8) is 0 Å². The van der Waals surface area contributed by atoms with Gasteiger partial charge in [-0.05, 0) is 61.0 Å². The van der Waals surface area contributed by atoms with E-state index in [1.54, 1.807) is 0 Å². The Kier molecular flexibility index (Phi) is 7.49. The lowest BCUT2D eigenvalue weighted by Gasteiger charge is -2.13. The van der Waals surface area contributed by atoms with Gasteiger partial charge >= 0.3 is 0 Å². The number of hydrogen-bond donors (Lipinski definition) is 0. The zero-order valence-corrected chi connectivity index (χ0v) is 27.2. The van der Waals surface area contributed by atoms with Crippen LogP contribution in [0.1, 0.15) is 0 Å². The summed E-state index contributed by atoms with van der Waals surface area (Å²) in [5.74, 6) is 1.92. The minimum atomic E-state index is 0.638. The van der Waals surface area contributed by atoms with Gasteiger partial charge in [0.1, 0.15) is 0 Å². The van der Waals surface area contributed by atoms with Gasteiger partial charge < -0.3 is 0 Å². The highest BCUT2D eigenvalue weighted by molar-refractivity contribution is 6.12. The van der Waals surface area contributed by atoms with Crippen LogP contribution in [0.25, 0.3) is 89.1 Å². The molecule has 0 aliphatic rings. The monoisotopic (exact) mass is 637 g/mol. The first-order chi connectivity index (χ1) is 24.8. The third-order valence-electron chi connectivity index (χ3n) is 9.34. The van der Waals surface area contributed by atoms with Crippen LogP contribution in [-0.2, 0) is 0 Å². The molecule has 0 amide bonds. The van der Waals surface area contributed by atoms with Crippen molar-refractivity contribution in [2.45, 2.75) is 0 Å². The fourth-order valence-electron chi connectivity index (χ4n) is 6.76. The molecular formula is C47H31N3. The molecule has 0 unspecified atom stereocenters. The molecule has 0 saturated heterocycles. The van der Waals surface area contributed by atoms with E-state index in [-0.39, 0.29) is 0 Å². The number of rotatable bonds is 6. The van der Waals surface area contributed by atoms with Gasteiger partial charge in [-0.25, -0.2) is 15.0 Å². The summed E-state index contributed by atoms with van der Waals surface area (Å²) in [4.78, 5) is 15.1. The Labute approximate surface area is 291 Å². The van der Waals surface area contributed by atoms with Crippen LogP contribution in [0.3, 0.4) is 0 Å². The molecule has 0 aliphatic heterocycles. The standard InChI is InChI=1S/C47H31N3/c1-3-11-32(12-4-1)34-19-25-37(26-20-34)45-48-46(38-27-21-35(22-28-38)33-13-5-2-6-14-33)50-47(49-45)39-29-23-36(24-30-39)44-42-17-9-7-15-40(42)31-41-16-8-10-18-43(41)44/h1-31H. The van der Waals surface area contributed by atoms with Crippen LogP contribution in [0.2, 0.25) is 0 Å². The van der Waals surface area contributed by atoms with Crippen LogP contribution in [0.5, 0.6) is 0 Å². The summed E-state index contributed by atoms with van der Waals surface area (Å²) < 4.78 is 0. The smallest absolute Gasteiger partial charge is 0.164 e. The maximum atomic E-state index is 5.05. The molecular weight excluding hydrogens is 607 g/mol. The quantitative estimate of drug-likeness (QED) is 0.170. The number of fused-ring (bicyclic) bond motifs is 2. The molecule has 0 fully saturated rings. The maximum Gasteiger partial charge on any atom is 0.164 e. The number of hydrogen-bond acceptors (Lipinski definition) is 3. The van der Waals surface area contributed by atoms with Crippen LogP contribution in [0, 0.1) is 0 Å². The Hall–Kier alpha value is -6.71. The Morgan fingerprint density at radius 2 is 0.540 bits per heavy atom. The van der Waals surface area contributed by atoms with Crippen LogP contribution in [0.15, 0.2) is 188 Å². The van der Waals surface area contributed by atoms with Crippen molar-refractivity contribution in [1.29, 1.82) is 0 Å². The van der Waals surface area contributed by atoms with E-state index < -0.39 is 0 Å². The molecule has 1 heterocycles. The molecule has 0 bridgehead atoms. The van der Waals surface area contributed by atoms with Crippen LogP contribution in [-0.4, -0.2) is 15.0 Å². The summed E-state index contributed by atoms with van der Waals surface area (Å²) >= 11 is 0. The molecule has 3 nitrogen and oxygen atoms in total. The third kappa shape index (κ3) is 5.61. The second-order valence-corrected chi connectivity index (χ2v) is 12.5. The summed E-state index contributed by atoms with van der Waals surface area (Å²) in [6, 6.07) is 65.8. The minimum absolute atomic E-state index is 0.638. The highest BCUT2D eigenvalue weighted by atomic mass is 15.0. The van der Waals surface area contributed by atoms with Crippen LogP contribution >= 0.6 is 0 Å². The third-order valence-corrected chi connectivity index (χ3v) is 9.34. The average molecular weight is 638 g/mol. The molecule has 234 valence electrons. The molecule has 0 N–H and O–H groups in total. The number of benzene rings is 8. The zero-order valence-electron chi connectivity index (χ0n) is 27.2. The van der Waals surface area contributed by atoms with E-state index >= 15 is 0 Å². The number of aromatic nitrogens is 3. The normalized spacial score (nSPS) is 11.2. The van der Waals surface area contributed by atoms with E-state index in [9.17, 15) is 0 Å². The molecule has 0 atom stereocenters. The Morgan fingerprint density at radius 3 is 0.940 bits per heavy atom. The zero-order chi connectivity index (χ0) is 33.3. The Bertz CT molecular complexity index is 2440. The van der Waals surface area contributed by atoms with Crippen molar-refractivity contribution >= 4 is 21.5 Å². The molecule has 9 aromatic rings. The first kappa shape index (κ1) is 29.4. The highest BCUT2D eigenvalue weighted by Crippen LogP contribution is 2.37. The first-order valence-corrected chi connectivity index (χ1v) is 16.9. The van der Waals surface area contributed by atoms with E-state index in [4.69, 9.17) is 15.0 Å². The lowest BCUT2D eigenvalue weighted by molar-refractivity contribution is 1.07. The summed E-state index contributed by atoms with van der Waals surface area (Å²) in [6.45, 7) is 0. The largest absolute Gasteiger partial charge is 0.208 e. The maximum absolute atomic E-state index is 5.05. The van der Waals surface area contributed by atoms with Crippen LogP contribution in [0.4, 0.5) is 0 Å². The predicted octanol–water partition coefficient (Wildman–Crippen LogP) is 12.2. The fraction of sp³-hybridized carbons (Fsp3) is 0. The van der Waals surface area contributed by atoms with Crippen molar-refractivity contribution in [2.24, 2.45) is 0 Å². The summed E-state index contributed by atoms with van der Waals surface area (Å²) in [6.07, 6.45) is 0. The van der Waals surface area contributed by atoms with Gasteiger partial charge in [0, 0.05) is 16.7 Å². The Morgan fingerprint density at radius 1 is 0.240 bits per heavy atom. The van der Waals surface area contributed by atoms with Crippen molar-refractivity contribution in [2.75, 3.05) is 0 Å². The molecule has 1 aromatic heterocycles. The molecule has 0 spiro atoms. The van der Waals surface area contributed by atoms with Crippen molar-refractivity contribution in [3.05, 3.63) is 188 Å². The minimum Gasteiger partial charge on any atom is -0.208 e. The lowest BCUT2D eigenvalue weighted by atomic mass is 9.92. The molecule has 8 aromatic carbocycles. The SMILES string of the molecule is c1ccc(-c2ccc(-c3nc(-c4ccc(-c5ccccc5)cc4)nc(-c4ccc(-c5c6ccccc6cc6ccccc56)cc4)n3)cc2)cc1. The lowest BCUT2D eigenvalue weighted by Crippen LogP contribution is -2.00. The first-order valence-electron chi connectivity index (χ1n) is 16.9. The summed E-state index contributed by atoms with van der Waals surface area (Å²) in [7, 11) is 0. The molecule has 50 heavy (non-hydrogen) atoms. The second-order valence-electron chi connectivity index (χ2n) is 12.5. The van der Waals surface area contributed by atoms with Gasteiger partial charge in [-0.3, -0.25) is 0 Å². The predicted molar refractivity (Wildman–Crippen MR) is 207 cm³/mol. The number of nitrogens with zero attached hydrogens (tertiary/aromatic N) is 3. The van der Waals surface area contributed by atoms with Gasteiger partial charge in [-0.1, -0.05) is 182 Å². The van der Waals surface area contributed by atoms with Gasteiger partial charge in [0.15, 0.2) is 17.5 Å². The van der Waals surface area contributed by atoms with Crippen molar-refractivity contribution < 1.29 is 0 Å². The topological polar surface area (TPSA) is 38.7 Å². The van der Waals surface area contributed by atoms with Crippen molar-refractivity contribution in [1.82, 2.24) is 15.0 Å². The molecule has 0 aliphatic carbocycles. The van der Waals surface area contributed by atoms with E-state index in [2.05, 4.69) is 176 Å². The summed E-state index contributed by atoms with van der Waals surface area (Å²) in [5.41, 5.74) is 9.85. The highest BCUT2D eigenvalue weighted by Gasteiger charge is 2.15. The van der Waals surface area contributed by atoms with Crippen LogP contribution < -0.4 is 0 Å². The van der Waals surface area contributed by atoms with Gasteiger partial charge in [0.25, 0.3) is 0 Å². The van der Waals surface area contributed by atoms with E-state index in [1.165, 1.54) is 38.2 Å². The van der Waals surface area contributed by atoms with Gasteiger partial charge in [0.2, 0.25) is 0 Å². The van der Waals surface area contributed by atoms with E-state index in [1.807, 2.05) is 12.1 Å². The fourth-order valence-corrected chi connectivity index (χ4v) is 6.76. The second kappa shape index (κ2) is 12.7. The van der Waals surface area contributed by atoms with Gasteiger partial charge in [-0.2, -0.15) is 0 Å². The van der Waals surface area contributed by atoms with E-state index in [0.29, 0.717) is 17.5 Å². The van der Waals surface area contributed by atoms with E-state index in [0.717, 1.165) is 33.4 Å². The molecule has 0 saturated carbocycles. The van der Waals surface area contributed by atoms with Gasteiger partial charge in [0.05, 0.1) is 0 Å². The Balaban J connectivity index is 1.14. The summed E-state index contributed by atoms with van der Waals surface area (Å²) in [5, 5.41) is 4.94. The van der Waals surface area contributed by atoms with Crippen molar-refractivity contribution in [3.8, 4) is 67.5 Å².